The summed E-state index contributed by atoms with van der Waals surface area (Å²) in [5.41, 5.74) is 7.50. The smallest absolute Gasteiger partial charge is 0.339 e. The first kappa shape index (κ1) is 17.0. The summed E-state index contributed by atoms with van der Waals surface area (Å²) in [6.45, 7) is 1.43. The minimum atomic E-state index is -0.438. The monoisotopic (exact) mass is 343 g/mol. The van der Waals surface area contributed by atoms with Gasteiger partial charge in [-0.2, -0.15) is 0 Å². The van der Waals surface area contributed by atoms with Gasteiger partial charge in [-0.3, -0.25) is 0 Å². The van der Waals surface area contributed by atoms with E-state index >= 15 is 0 Å². The second-order valence-electron chi connectivity index (χ2n) is 5.66. The number of nitrogens with two attached hydrogens (primary N) is 1. The van der Waals surface area contributed by atoms with Crippen LogP contribution in [0.5, 0.6) is 0 Å². The standard InChI is InChI=1S/C17H21N5O3/c1-24-17(23)12-6-2-3-7-13(12)22-16-14(18)15(20-10-21-16)19-9-11-5-4-8-25-11/h2-3,6-7,10-11H,4-5,8-9,18H2,1H3,(H2,19,20,21,22). The molecular formula is C17H21N5O3. The first-order chi connectivity index (χ1) is 12.2. The summed E-state index contributed by atoms with van der Waals surface area (Å²) >= 11 is 0. The van der Waals surface area contributed by atoms with Crippen LogP contribution in [0.2, 0.25) is 0 Å². The zero-order chi connectivity index (χ0) is 17.6. The third kappa shape index (κ3) is 3.97. The predicted molar refractivity (Wildman–Crippen MR) is 95.0 cm³/mol. The van der Waals surface area contributed by atoms with Crippen molar-refractivity contribution in [3.63, 3.8) is 0 Å². The Morgan fingerprint density at radius 2 is 2.16 bits per heavy atom. The Morgan fingerprint density at radius 1 is 1.36 bits per heavy atom. The van der Waals surface area contributed by atoms with Crippen LogP contribution in [0.15, 0.2) is 30.6 Å². The maximum atomic E-state index is 11.9. The number of ether oxygens (including phenoxy) is 2. The third-order valence-corrected chi connectivity index (χ3v) is 3.99. The van der Waals surface area contributed by atoms with Crippen molar-refractivity contribution in [1.82, 2.24) is 9.97 Å². The zero-order valence-corrected chi connectivity index (χ0v) is 14.0. The molecular weight excluding hydrogens is 322 g/mol. The van der Waals surface area contributed by atoms with Gasteiger partial charge in [0.2, 0.25) is 0 Å². The Kier molecular flexibility index (Phi) is 5.30. The van der Waals surface area contributed by atoms with Crippen LogP contribution in [0.4, 0.5) is 23.0 Å². The predicted octanol–water partition coefficient (Wildman–Crippen LogP) is 2.18. The number of nitrogens with zero attached hydrogens (tertiary/aromatic N) is 2. The number of para-hydroxylation sites is 1. The molecule has 1 aliphatic heterocycles. The molecule has 1 aromatic heterocycles. The Hall–Kier alpha value is -2.87. The molecule has 2 heterocycles. The number of carbonyl (C=O) groups excluding carboxylic acids is 1. The Labute approximate surface area is 145 Å². The van der Waals surface area contributed by atoms with Crippen LogP contribution in [-0.2, 0) is 9.47 Å². The molecule has 4 N–H and O–H groups in total. The Morgan fingerprint density at radius 3 is 2.92 bits per heavy atom. The van der Waals surface area contributed by atoms with Crippen molar-refractivity contribution in [1.29, 1.82) is 0 Å². The van der Waals surface area contributed by atoms with E-state index in [-0.39, 0.29) is 6.10 Å². The first-order valence-electron chi connectivity index (χ1n) is 8.09. The van der Waals surface area contributed by atoms with Crippen LogP contribution in [-0.4, -0.2) is 42.3 Å². The molecule has 1 fully saturated rings. The van der Waals surface area contributed by atoms with Gasteiger partial charge < -0.3 is 25.8 Å². The number of anilines is 4. The fourth-order valence-corrected chi connectivity index (χ4v) is 2.66. The molecule has 1 atom stereocenters. The number of hydrogen-bond acceptors (Lipinski definition) is 8. The molecule has 1 aromatic carbocycles. The molecule has 25 heavy (non-hydrogen) atoms. The number of nitrogens with one attached hydrogen (secondary N) is 2. The van der Waals surface area contributed by atoms with E-state index in [1.54, 1.807) is 18.2 Å². The van der Waals surface area contributed by atoms with Gasteiger partial charge in [0.25, 0.3) is 0 Å². The lowest BCUT2D eigenvalue weighted by molar-refractivity contribution is 0.0602. The highest BCUT2D eigenvalue weighted by Crippen LogP contribution is 2.28. The molecule has 0 radical (unpaired) electrons. The van der Waals surface area contributed by atoms with Gasteiger partial charge in [-0.25, -0.2) is 14.8 Å². The summed E-state index contributed by atoms with van der Waals surface area (Å²) in [4.78, 5) is 20.2. The molecule has 0 amide bonds. The maximum absolute atomic E-state index is 11.9. The molecule has 3 rings (SSSR count). The lowest BCUT2D eigenvalue weighted by Gasteiger charge is -2.15. The topological polar surface area (TPSA) is 111 Å². The SMILES string of the molecule is COC(=O)c1ccccc1Nc1ncnc(NCC2CCCO2)c1N. The van der Waals surface area contributed by atoms with E-state index in [2.05, 4.69) is 20.6 Å². The summed E-state index contributed by atoms with van der Waals surface area (Å²) in [6, 6.07) is 6.99. The quantitative estimate of drug-likeness (QED) is 0.684. The number of esters is 1. The van der Waals surface area contributed by atoms with Gasteiger partial charge in [-0.05, 0) is 25.0 Å². The number of methoxy groups -OCH3 is 1. The summed E-state index contributed by atoms with van der Waals surface area (Å²) in [7, 11) is 1.34. The number of carbonyl (C=O) groups is 1. The number of rotatable bonds is 6. The van der Waals surface area contributed by atoms with E-state index in [9.17, 15) is 4.79 Å². The summed E-state index contributed by atoms with van der Waals surface area (Å²) in [5, 5.41) is 6.27. The van der Waals surface area contributed by atoms with Gasteiger partial charge >= 0.3 is 5.97 Å². The average molecular weight is 343 g/mol. The molecule has 0 aliphatic carbocycles. The average Bonchev–Trinajstić information content (AvgIpc) is 3.16. The van der Waals surface area contributed by atoms with Crippen LogP contribution in [0, 0.1) is 0 Å². The van der Waals surface area contributed by atoms with Gasteiger partial charge in [0, 0.05) is 13.2 Å². The summed E-state index contributed by atoms with van der Waals surface area (Å²) < 4.78 is 10.4. The van der Waals surface area contributed by atoms with E-state index in [1.807, 2.05) is 6.07 Å². The zero-order valence-electron chi connectivity index (χ0n) is 14.0. The molecule has 1 aliphatic rings. The van der Waals surface area contributed by atoms with Crippen molar-refractivity contribution in [3.05, 3.63) is 36.2 Å². The van der Waals surface area contributed by atoms with Gasteiger partial charge in [0.15, 0.2) is 11.6 Å². The van der Waals surface area contributed by atoms with Gasteiger partial charge in [0.1, 0.15) is 12.0 Å². The molecule has 0 saturated carbocycles. The fourth-order valence-electron chi connectivity index (χ4n) is 2.66. The van der Waals surface area contributed by atoms with Crippen molar-refractivity contribution < 1.29 is 14.3 Å². The van der Waals surface area contributed by atoms with Crippen molar-refractivity contribution in [2.75, 3.05) is 36.6 Å². The van der Waals surface area contributed by atoms with Gasteiger partial charge in [-0.1, -0.05) is 12.1 Å². The lowest BCUT2D eigenvalue weighted by Crippen LogP contribution is -2.20. The molecule has 1 saturated heterocycles. The first-order valence-corrected chi connectivity index (χ1v) is 8.09. The van der Waals surface area contributed by atoms with E-state index in [4.69, 9.17) is 15.2 Å². The lowest BCUT2D eigenvalue weighted by atomic mass is 10.2. The molecule has 8 nitrogen and oxygen atoms in total. The normalized spacial score (nSPS) is 16.4. The number of aromatic nitrogens is 2. The third-order valence-electron chi connectivity index (χ3n) is 3.99. The largest absolute Gasteiger partial charge is 0.465 e. The van der Waals surface area contributed by atoms with Crippen LogP contribution >= 0.6 is 0 Å². The van der Waals surface area contributed by atoms with Crippen LogP contribution < -0.4 is 16.4 Å². The highest BCUT2D eigenvalue weighted by atomic mass is 16.5. The molecule has 2 aromatic rings. The molecule has 1 unspecified atom stereocenters. The minimum Gasteiger partial charge on any atom is -0.465 e. The second-order valence-corrected chi connectivity index (χ2v) is 5.66. The van der Waals surface area contributed by atoms with E-state index in [0.29, 0.717) is 35.1 Å². The number of hydrogen-bond donors (Lipinski definition) is 3. The van der Waals surface area contributed by atoms with Crippen molar-refractivity contribution in [3.8, 4) is 0 Å². The number of benzene rings is 1. The van der Waals surface area contributed by atoms with E-state index < -0.39 is 5.97 Å². The van der Waals surface area contributed by atoms with E-state index in [0.717, 1.165) is 19.4 Å². The summed E-state index contributed by atoms with van der Waals surface area (Å²) in [5.74, 6) is 0.511. The van der Waals surface area contributed by atoms with Gasteiger partial charge in [0.05, 0.1) is 24.5 Å². The van der Waals surface area contributed by atoms with E-state index in [1.165, 1.54) is 13.4 Å². The highest BCUT2D eigenvalue weighted by molar-refractivity contribution is 5.97. The maximum Gasteiger partial charge on any atom is 0.339 e. The van der Waals surface area contributed by atoms with Gasteiger partial charge in [-0.15, -0.1) is 0 Å². The fraction of sp³-hybridized carbons (Fsp3) is 0.353. The Balaban J connectivity index is 1.77. The van der Waals surface area contributed by atoms with Crippen LogP contribution in [0.25, 0.3) is 0 Å². The Bertz CT molecular complexity index is 747. The van der Waals surface area contributed by atoms with Crippen LogP contribution in [0.3, 0.4) is 0 Å². The van der Waals surface area contributed by atoms with Crippen molar-refractivity contribution in [2.24, 2.45) is 0 Å². The molecule has 132 valence electrons. The van der Waals surface area contributed by atoms with Crippen LogP contribution in [0.1, 0.15) is 23.2 Å². The summed E-state index contributed by atoms with van der Waals surface area (Å²) in [6.07, 6.45) is 3.68. The molecule has 0 spiro atoms. The van der Waals surface area contributed by atoms with Crippen molar-refractivity contribution in [2.45, 2.75) is 18.9 Å². The highest BCUT2D eigenvalue weighted by Gasteiger charge is 2.17. The van der Waals surface area contributed by atoms with Crippen molar-refractivity contribution >= 4 is 29.0 Å². The second kappa shape index (κ2) is 7.80. The minimum absolute atomic E-state index is 0.172. The molecule has 8 heteroatoms. The number of nitrogen functional groups attached to an aromatic ring is 1. The molecule has 0 bridgehead atoms.